The van der Waals surface area contributed by atoms with E-state index in [1.54, 1.807) is 12.3 Å². The lowest BCUT2D eigenvalue weighted by molar-refractivity contribution is 0.220. The Labute approximate surface area is 255 Å². The lowest BCUT2D eigenvalue weighted by atomic mass is 10.0. The van der Waals surface area contributed by atoms with E-state index in [4.69, 9.17) is 4.98 Å². The summed E-state index contributed by atoms with van der Waals surface area (Å²) in [6.45, 7) is 4.75. The number of hydrogen-bond donors (Lipinski definition) is 3. The van der Waals surface area contributed by atoms with Crippen molar-refractivity contribution in [2.24, 2.45) is 0 Å². The maximum atomic E-state index is 14.7. The van der Waals surface area contributed by atoms with Gasteiger partial charge in [0.15, 0.2) is 0 Å². The number of halogens is 1. The zero-order valence-electron chi connectivity index (χ0n) is 25.1. The highest BCUT2D eigenvalue weighted by Crippen LogP contribution is 2.34. The first kappa shape index (κ1) is 28.1. The number of nitrogens with zero attached hydrogens (tertiary/aromatic N) is 6. The van der Waals surface area contributed by atoms with E-state index < -0.39 is 0 Å². The third kappa shape index (κ3) is 5.91. The van der Waals surface area contributed by atoms with Crippen molar-refractivity contribution in [1.82, 2.24) is 39.9 Å². The van der Waals surface area contributed by atoms with E-state index in [0.717, 1.165) is 82.9 Å². The highest BCUT2D eigenvalue weighted by molar-refractivity contribution is 5.99. The molecule has 1 saturated heterocycles. The Kier molecular flexibility index (Phi) is 7.76. The fourth-order valence-electron chi connectivity index (χ4n) is 6.01. The maximum absolute atomic E-state index is 14.7. The van der Waals surface area contributed by atoms with Crippen LogP contribution in [0, 0.1) is 5.82 Å². The van der Waals surface area contributed by atoms with Gasteiger partial charge in [0.1, 0.15) is 22.7 Å². The third-order valence-electron chi connectivity index (χ3n) is 8.24. The number of piperidine rings is 1. The molecule has 1 fully saturated rings. The molecule has 7 rings (SSSR count). The van der Waals surface area contributed by atoms with Crippen LogP contribution in [0.25, 0.3) is 55.8 Å². The SMILES string of the molecule is CN(C)CCNc1cc(F)cc(-c2ccnc3[nH]c(-c4n[nH]c5ccc(-c6cncc(CN7CCCCC7)c6)nc45)cc23)c1. The van der Waals surface area contributed by atoms with Gasteiger partial charge in [0.25, 0.3) is 0 Å². The Balaban J connectivity index is 1.21. The van der Waals surface area contributed by atoms with Crippen LogP contribution >= 0.6 is 0 Å². The van der Waals surface area contributed by atoms with Crippen molar-refractivity contribution in [3.8, 4) is 33.8 Å². The maximum Gasteiger partial charge on any atom is 0.138 e. The van der Waals surface area contributed by atoms with E-state index in [1.165, 1.54) is 30.9 Å². The van der Waals surface area contributed by atoms with E-state index in [1.807, 2.05) is 56.8 Å². The number of anilines is 1. The van der Waals surface area contributed by atoms with Gasteiger partial charge in [0.05, 0.1) is 16.9 Å². The van der Waals surface area contributed by atoms with Crippen molar-refractivity contribution in [2.45, 2.75) is 25.8 Å². The molecular formula is C34H36FN9. The van der Waals surface area contributed by atoms with Crippen LogP contribution in [0.5, 0.6) is 0 Å². The van der Waals surface area contributed by atoms with E-state index in [9.17, 15) is 4.39 Å². The number of likely N-dealkylation sites (N-methyl/N-ethyl adjacent to an activating group) is 1. The van der Waals surface area contributed by atoms with Crippen LogP contribution < -0.4 is 5.32 Å². The summed E-state index contributed by atoms with van der Waals surface area (Å²) in [5, 5.41) is 12.0. The Morgan fingerprint density at radius 2 is 1.86 bits per heavy atom. The van der Waals surface area contributed by atoms with Crippen molar-refractivity contribution in [2.75, 3.05) is 45.6 Å². The van der Waals surface area contributed by atoms with Crippen LogP contribution in [0.3, 0.4) is 0 Å². The van der Waals surface area contributed by atoms with Crippen LogP contribution in [0.15, 0.2) is 67.1 Å². The smallest absolute Gasteiger partial charge is 0.138 e. The molecule has 0 spiro atoms. The van der Waals surface area contributed by atoms with E-state index >= 15 is 0 Å². The molecule has 1 aromatic carbocycles. The van der Waals surface area contributed by atoms with Crippen molar-refractivity contribution >= 4 is 27.8 Å². The Morgan fingerprint density at radius 3 is 2.73 bits per heavy atom. The fraction of sp³-hybridized carbons (Fsp3) is 0.294. The first-order valence-corrected chi connectivity index (χ1v) is 15.2. The molecule has 6 aromatic rings. The minimum absolute atomic E-state index is 0.292. The number of rotatable bonds is 9. The van der Waals surface area contributed by atoms with Crippen LogP contribution in [0.1, 0.15) is 24.8 Å². The summed E-state index contributed by atoms with van der Waals surface area (Å²) in [5.41, 5.74) is 9.22. The molecule has 5 aromatic heterocycles. The lowest BCUT2D eigenvalue weighted by Gasteiger charge is -2.26. The van der Waals surface area contributed by atoms with E-state index in [0.29, 0.717) is 11.3 Å². The number of nitrogens with one attached hydrogen (secondary N) is 3. The number of aromatic amines is 2. The summed E-state index contributed by atoms with van der Waals surface area (Å²) in [5.74, 6) is -0.292. The minimum atomic E-state index is -0.292. The lowest BCUT2D eigenvalue weighted by Crippen LogP contribution is -2.29. The average Bonchev–Trinajstić information content (AvgIpc) is 3.65. The Hall–Kier alpha value is -4.67. The van der Waals surface area contributed by atoms with Crippen LogP contribution in [0.2, 0.25) is 0 Å². The van der Waals surface area contributed by atoms with E-state index in [2.05, 4.69) is 46.3 Å². The number of pyridine rings is 3. The molecule has 0 unspecified atom stereocenters. The highest BCUT2D eigenvalue weighted by atomic mass is 19.1. The molecule has 10 heteroatoms. The minimum Gasteiger partial charge on any atom is -0.384 e. The molecular weight excluding hydrogens is 553 g/mol. The summed E-state index contributed by atoms with van der Waals surface area (Å²) in [4.78, 5) is 22.2. The molecule has 0 radical (unpaired) electrons. The van der Waals surface area contributed by atoms with Gasteiger partial charge in [-0.2, -0.15) is 5.10 Å². The predicted molar refractivity (Wildman–Crippen MR) is 174 cm³/mol. The second kappa shape index (κ2) is 12.1. The molecule has 3 N–H and O–H groups in total. The second-order valence-corrected chi connectivity index (χ2v) is 11.8. The normalized spacial score (nSPS) is 14.2. The molecule has 0 bridgehead atoms. The van der Waals surface area contributed by atoms with Gasteiger partial charge in [-0.3, -0.25) is 15.0 Å². The quantitative estimate of drug-likeness (QED) is 0.181. The molecule has 6 heterocycles. The van der Waals surface area contributed by atoms with Crippen molar-refractivity contribution < 1.29 is 4.39 Å². The first-order chi connectivity index (χ1) is 21.5. The molecule has 9 nitrogen and oxygen atoms in total. The number of H-pyrrole nitrogens is 2. The van der Waals surface area contributed by atoms with Gasteiger partial charge in [0, 0.05) is 54.9 Å². The van der Waals surface area contributed by atoms with Gasteiger partial charge in [-0.25, -0.2) is 14.4 Å². The van der Waals surface area contributed by atoms with Crippen LogP contribution in [-0.2, 0) is 6.54 Å². The van der Waals surface area contributed by atoms with Gasteiger partial charge < -0.3 is 15.2 Å². The number of fused-ring (bicyclic) bond motifs is 2. The van der Waals surface area contributed by atoms with Crippen molar-refractivity contribution in [3.05, 3.63) is 78.5 Å². The number of hydrogen-bond acceptors (Lipinski definition) is 7. The second-order valence-electron chi connectivity index (χ2n) is 11.8. The van der Waals surface area contributed by atoms with Crippen LogP contribution in [0.4, 0.5) is 10.1 Å². The summed E-state index contributed by atoms with van der Waals surface area (Å²) < 4.78 is 14.7. The fourth-order valence-corrected chi connectivity index (χ4v) is 6.01. The van der Waals surface area contributed by atoms with Gasteiger partial charge in [-0.05, 0) is 105 Å². The molecule has 224 valence electrons. The monoisotopic (exact) mass is 589 g/mol. The molecule has 1 aliphatic heterocycles. The summed E-state index contributed by atoms with van der Waals surface area (Å²) in [6, 6.07) is 15.2. The van der Waals surface area contributed by atoms with Crippen molar-refractivity contribution in [1.29, 1.82) is 0 Å². The molecule has 0 atom stereocenters. The molecule has 0 amide bonds. The molecule has 0 saturated carbocycles. The molecule has 0 aliphatic carbocycles. The molecule has 1 aliphatic rings. The number of aromatic nitrogens is 6. The third-order valence-corrected chi connectivity index (χ3v) is 8.24. The first-order valence-electron chi connectivity index (χ1n) is 15.2. The summed E-state index contributed by atoms with van der Waals surface area (Å²) in [6.07, 6.45) is 9.41. The highest BCUT2D eigenvalue weighted by Gasteiger charge is 2.17. The summed E-state index contributed by atoms with van der Waals surface area (Å²) in [7, 11) is 4.03. The van der Waals surface area contributed by atoms with Crippen LogP contribution in [-0.4, -0.2) is 80.2 Å². The number of likely N-dealkylation sites (tertiary alicyclic amines) is 1. The predicted octanol–water partition coefficient (Wildman–Crippen LogP) is 6.33. The standard InChI is InChI=1S/C34H36FN9/c1-43(2)13-10-37-26-16-23(15-25(35)17-26)27-8-9-38-34-28(27)18-31(40-34)33-32-30(41-42-33)7-6-29(39-32)24-14-22(19-36-20-24)21-44-11-4-3-5-12-44/h6-9,14-20,37H,3-5,10-13,21H2,1-2H3,(H,38,40)(H,41,42). The molecule has 44 heavy (non-hydrogen) atoms. The average molecular weight is 590 g/mol. The Bertz CT molecular complexity index is 1920. The van der Waals surface area contributed by atoms with Gasteiger partial charge in [-0.15, -0.1) is 0 Å². The zero-order valence-corrected chi connectivity index (χ0v) is 25.1. The topological polar surface area (TPSA) is 102 Å². The van der Waals surface area contributed by atoms with Gasteiger partial charge >= 0.3 is 0 Å². The van der Waals surface area contributed by atoms with E-state index in [-0.39, 0.29) is 5.82 Å². The zero-order chi connectivity index (χ0) is 30.0. The number of benzene rings is 1. The largest absolute Gasteiger partial charge is 0.384 e. The summed E-state index contributed by atoms with van der Waals surface area (Å²) >= 11 is 0. The Morgan fingerprint density at radius 1 is 0.977 bits per heavy atom. The van der Waals surface area contributed by atoms with Crippen molar-refractivity contribution in [3.63, 3.8) is 0 Å². The van der Waals surface area contributed by atoms with Gasteiger partial charge in [0.2, 0.25) is 0 Å². The van der Waals surface area contributed by atoms with Gasteiger partial charge in [-0.1, -0.05) is 6.42 Å².